The number of ether oxygens (including phenoxy) is 1. The Balaban J connectivity index is 1.80. The van der Waals surface area contributed by atoms with Crippen molar-refractivity contribution in [1.29, 1.82) is 0 Å². The second-order valence-corrected chi connectivity index (χ2v) is 5.48. The predicted octanol–water partition coefficient (Wildman–Crippen LogP) is 2.94. The third kappa shape index (κ3) is 2.80. The lowest BCUT2D eigenvalue weighted by atomic mass is 10.1. The van der Waals surface area contributed by atoms with Gasteiger partial charge in [0.15, 0.2) is 0 Å². The zero-order valence-corrected chi connectivity index (χ0v) is 12.4. The minimum absolute atomic E-state index is 0.0327. The first-order valence-electron chi connectivity index (χ1n) is 6.70. The predicted molar refractivity (Wildman–Crippen MR) is 81.7 cm³/mol. The molecule has 1 aliphatic carbocycles. The van der Waals surface area contributed by atoms with E-state index in [1.165, 1.54) is 18.2 Å². The van der Waals surface area contributed by atoms with Crippen LogP contribution in [0.2, 0.25) is 5.02 Å². The van der Waals surface area contributed by atoms with Crippen LogP contribution in [0.4, 0.5) is 0 Å². The van der Waals surface area contributed by atoms with Gasteiger partial charge in [-0.05, 0) is 35.9 Å². The molecule has 2 aromatic carbocycles. The maximum Gasteiger partial charge on any atom is 0.336 e. The molecular formula is C16H10ClNO5. The third-order valence-corrected chi connectivity index (χ3v) is 3.80. The molecule has 6 nitrogen and oxygen atoms in total. The maximum absolute atomic E-state index is 12.0. The van der Waals surface area contributed by atoms with Crippen LogP contribution in [0, 0.1) is 10.1 Å². The topological polar surface area (TPSA) is 86.5 Å². The SMILES string of the molecule is O=C1c2ccc(OCc3ccc(Cl)cc3)cc2C(=O)C1[N+](=O)[O-]. The molecule has 0 heterocycles. The molecular weight excluding hydrogens is 322 g/mol. The third-order valence-electron chi connectivity index (χ3n) is 3.55. The van der Waals surface area contributed by atoms with Crippen molar-refractivity contribution in [2.45, 2.75) is 12.6 Å². The first-order valence-corrected chi connectivity index (χ1v) is 7.08. The van der Waals surface area contributed by atoms with Crippen LogP contribution in [0.5, 0.6) is 5.75 Å². The van der Waals surface area contributed by atoms with Gasteiger partial charge < -0.3 is 4.74 Å². The number of ketones is 2. The van der Waals surface area contributed by atoms with Crippen molar-refractivity contribution in [3.8, 4) is 5.75 Å². The van der Waals surface area contributed by atoms with Gasteiger partial charge in [0.25, 0.3) is 0 Å². The van der Waals surface area contributed by atoms with E-state index in [1.807, 2.05) is 0 Å². The van der Waals surface area contributed by atoms with E-state index in [-0.39, 0.29) is 17.7 Å². The van der Waals surface area contributed by atoms with Crippen LogP contribution in [-0.2, 0) is 6.61 Å². The second kappa shape index (κ2) is 5.81. The van der Waals surface area contributed by atoms with Crippen molar-refractivity contribution in [1.82, 2.24) is 0 Å². The van der Waals surface area contributed by atoms with E-state index in [0.717, 1.165) is 5.56 Å². The molecule has 23 heavy (non-hydrogen) atoms. The minimum atomic E-state index is -1.84. The quantitative estimate of drug-likeness (QED) is 0.488. The number of Topliss-reactive ketones (excluding diaryl/α,β-unsaturated/α-hetero) is 2. The van der Waals surface area contributed by atoms with Crippen LogP contribution >= 0.6 is 11.6 Å². The number of nitrogens with zero attached hydrogens (tertiary/aromatic N) is 1. The van der Waals surface area contributed by atoms with Crippen LogP contribution in [0.15, 0.2) is 42.5 Å². The summed E-state index contributed by atoms with van der Waals surface area (Å²) in [7, 11) is 0. The van der Waals surface area contributed by atoms with Crippen LogP contribution < -0.4 is 4.74 Å². The zero-order chi connectivity index (χ0) is 16.6. The van der Waals surface area contributed by atoms with Gasteiger partial charge in [0.1, 0.15) is 12.4 Å². The summed E-state index contributed by atoms with van der Waals surface area (Å²) in [5.41, 5.74) is 0.973. The van der Waals surface area contributed by atoms with E-state index in [2.05, 4.69) is 0 Å². The molecule has 0 spiro atoms. The smallest absolute Gasteiger partial charge is 0.336 e. The number of carbonyl (C=O) groups is 2. The number of carbonyl (C=O) groups excluding carboxylic acids is 2. The van der Waals surface area contributed by atoms with Gasteiger partial charge >= 0.3 is 6.04 Å². The van der Waals surface area contributed by atoms with Gasteiger partial charge in [-0.1, -0.05) is 23.7 Å². The average Bonchev–Trinajstić information content (AvgIpc) is 2.78. The standard InChI is InChI=1S/C16H10ClNO5/c17-10-3-1-9(2-4-10)8-23-11-5-6-12-13(7-11)16(20)14(15(12)19)18(21)22/h1-7,14H,8H2. The Morgan fingerprint density at radius 2 is 1.70 bits per heavy atom. The molecule has 1 aliphatic rings. The lowest BCUT2D eigenvalue weighted by Gasteiger charge is -2.07. The highest BCUT2D eigenvalue weighted by molar-refractivity contribution is 6.30. The molecule has 7 heteroatoms. The van der Waals surface area contributed by atoms with E-state index in [1.54, 1.807) is 24.3 Å². The first-order chi connectivity index (χ1) is 11.0. The zero-order valence-electron chi connectivity index (χ0n) is 11.7. The number of rotatable bonds is 4. The first kappa shape index (κ1) is 15.2. The fourth-order valence-corrected chi connectivity index (χ4v) is 2.51. The van der Waals surface area contributed by atoms with E-state index in [9.17, 15) is 19.7 Å². The highest BCUT2D eigenvalue weighted by atomic mass is 35.5. The Morgan fingerprint density at radius 1 is 1.04 bits per heavy atom. The van der Waals surface area contributed by atoms with E-state index in [0.29, 0.717) is 10.8 Å². The molecule has 0 saturated heterocycles. The van der Waals surface area contributed by atoms with Gasteiger partial charge in [0.05, 0.1) is 0 Å². The Hall–Kier alpha value is -2.73. The number of fused-ring (bicyclic) bond motifs is 1. The molecule has 1 atom stereocenters. The molecule has 0 bridgehead atoms. The number of nitro groups is 1. The van der Waals surface area contributed by atoms with Crippen LogP contribution in [0.1, 0.15) is 26.3 Å². The molecule has 1 unspecified atom stereocenters. The lowest BCUT2D eigenvalue weighted by molar-refractivity contribution is -0.488. The van der Waals surface area contributed by atoms with Crippen LogP contribution in [-0.4, -0.2) is 22.5 Å². The number of hydrogen-bond donors (Lipinski definition) is 0. The second-order valence-electron chi connectivity index (χ2n) is 5.04. The molecule has 0 aromatic heterocycles. The van der Waals surface area contributed by atoms with E-state index >= 15 is 0 Å². The highest BCUT2D eigenvalue weighted by Crippen LogP contribution is 2.28. The summed E-state index contributed by atoms with van der Waals surface area (Å²) in [4.78, 5) is 33.8. The summed E-state index contributed by atoms with van der Waals surface area (Å²) in [5, 5.41) is 11.4. The van der Waals surface area contributed by atoms with Gasteiger partial charge in [0, 0.05) is 21.1 Å². The van der Waals surface area contributed by atoms with Crippen LogP contribution in [0.3, 0.4) is 0 Å². The highest BCUT2D eigenvalue weighted by Gasteiger charge is 2.47. The Morgan fingerprint density at radius 3 is 2.35 bits per heavy atom. The van der Waals surface area contributed by atoms with Crippen molar-refractivity contribution >= 4 is 23.2 Å². The van der Waals surface area contributed by atoms with Gasteiger partial charge in [-0.15, -0.1) is 0 Å². The van der Waals surface area contributed by atoms with Crippen molar-refractivity contribution in [2.75, 3.05) is 0 Å². The lowest BCUT2D eigenvalue weighted by Crippen LogP contribution is -2.31. The molecule has 0 saturated carbocycles. The molecule has 0 N–H and O–H groups in total. The van der Waals surface area contributed by atoms with Gasteiger partial charge in [0.2, 0.25) is 11.6 Å². The largest absolute Gasteiger partial charge is 0.489 e. The minimum Gasteiger partial charge on any atom is -0.489 e. The average molecular weight is 332 g/mol. The van der Waals surface area contributed by atoms with Crippen molar-refractivity contribution in [3.05, 3.63) is 74.3 Å². The van der Waals surface area contributed by atoms with Crippen LogP contribution in [0.25, 0.3) is 0 Å². The summed E-state index contributed by atoms with van der Waals surface area (Å²) in [6.45, 7) is 0.247. The Bertz CT molecular complexity index is 816. The summed E-state index contributed by atoms with van der Waals surface area (Å²) in [6, 6.07) is 9.49. The fraction of sp³-hybridized carbons (Fsp3) is 0.125. The van der Waals surface area contributed by atoms with Crippen molar-refractivity contribution in [2.24, 2.45) is 0 Å². The molecule has 0 aliphatic heterocycles. The van der Waals surface area contributed by atoms with Gasteiger partial charge in [-0.25, -0.2) is 0 Å². The molecule has 0 amide bonds. The maximum atomic E-state index is 12.0. The summed E-state index contributed by atoms with van der Waals surface area (Å²) in [6.07, 6.45) is 0. The molecule has 0 radical (unpaired) electrons. The van der Waals surface area contributed by atoms with Gasteiger partial charge in [-0.2, -0.15) is 0 Å². The van der Waals surface area contributed by atoms with Crippen molar-refractivity contribution < 1.29 is 19.2 Å². The van der Waals surface area contributed by atoms with E-state index < -0.39 is 22.5 Å². The monoisotopic (exact) mass is 331 g/mol. The van der Waals surface area contributed by atoms with Gasteiger partial charge in [-0.3, -0.25) is 19.7 Å². The molecule has 116 valence electrons. The Kier molecular flexibility index (Phi) is 3.83. The summed E-state index contributed by atoms with van der Waals surface area (Å²) in [5.74, 6) is -1.21. The molecule has 0 fully saturated rings. The summed E-state index contributed by atoms with van der Waals surface area (Å²) < 4.78 is 5.56. The Labute approximate surface area is 135 Å². The number of halogens is 1. The molecule has 3 rings (SSSR count). The van der Waals surface area contributed by atoms with E-state index in [4.69, 9.17) is 16.3 Å². The fourth-order valence-electron chi connectivity index (χ4n) is 2.38. The normalized spacial score (nSPS) is 16.3. The van der Waals surface area contributed by atoms with Crippen molar-refractivity contribution in [3.63, 3.8) is 0 Å². The summed E-state index contributed by atoms with van der Waals surface area (Å²) >= 11 is 5.80. The number of benzene rings is 2. The number of hydrogen-bond acceptors (Lipinski definition) is 5. The molecule has 2 aromatic rings.